The highest BCUT2D eigenvalue weighted by molar-refractivity contribution is 7.99. The molecular formula is C14H18Cl2F2N2OS. The minimum Gasteiger partial charge on any atom is -0.325 e. The molecule has 124 valence electrons. The van der Waals surface area contributed by atoms with Gasteiger partial charge in [0, 0.05) is 10.8 Å². The van der Waals surface area contributed by atoms with E-state index in [9.17, 15) is 13.6 Å². The first-order valence-corrected chi connectivity index (χ1v) is 8.15. The molecule has 0 aromatic heterocycles. The van der Waals surface area contributed by atoms with Crippen molar-refractivity contribution in [1.29, 1.82) is 0 Å². The van der Waals surface area contributed by atoms with Gasteiger partial charge in [0.1, 0.15) is 0 Å². The number of anilines is 1. The normalized spacial score (nSPS) is 15.5. The molecule has 22 heavy (non-hydrogen) atoms. The number of nitrogens with one attached hydrogen (secondary N) is 2. The molecule has 0 saturated carbocycles. The van der Waals surface area contributed by atoms with Gasteiger partial charge in [0.2, 0.25) is 12.3 Å². The van der Waals surface area contributed by atoms with Crippen LogP contribution in [0.25, 0.3) is 0 Å². The lowest BCUT2D eigenvalue weighted by molar-refractivity contribution is -0.120. The fourth-order valence-electron chi connectivity index (χ4n) is 2.22. The summed E-state index contributed by atoms with van der Waals surface area (Å²) in [6.07, 6.45) is -0.850. The Morgan fingerprint density at radius 2 is 2.09 bits per heavy atom. The monoisotopic (exact) mass is 370 g/mol. The Balaban J connectivity index is 0.00000242. The van der Waals surface area contributed by atoms with Crippen molar-refractivity contribution in [3.8, 4) is 0 Å². The van der Waals surface area contributed by atoms with Crippen LogP contribution in [0, 0.1) is 5.92 Å². The van der Waals surface area contributed by atoms with Gasteiger partial charge >= 0.3 is 0 Å². The maximum absolute atomic E-state index is 12.4. The van der Waals surface area contributed by atoms with Crippen LogP contribution in [0.3, 0.4) is 0 Å². The van der Waals surface area contributed by atoms with E-state index in [1.807, 2.05) is 0 Å². The van der Waals surface area contributed by atoms with Gasteiger partial charge in [-0.25, -0.2) is 8.78 Å². The summed E-state index contributed by atoms with van der Waals surface area (Å²) in [6.45, 7) is 1.64. The number of hydrogen-bond donors (Lipinski definition) is 2. The average Bonchev–Trinajstić information content (AvgIpc) is 2.47. The first kappa shape index (κ1) is 19.5. The molecule has 1 heterocycles. The van der Waals surface area contributed by atoms with Gasteiger partial charge in [-0.3, -0.25) is 4.79 Å². The molecule has 1 aliphatic heterocycles. The number of rotatable bonds is 5. The molecular weight excluding hydrogens is 353 g/mol. The van der Waals surface area contributed by atoms with Crippen molar-refractivity contribution in [3.05, 3.63) is 23.2 Å². The van der Waals surface area contributed by atoms with Gasteiger partial charge in [0.25, 0.3) is 0 Å². The number of amides is 1. The molecule has 0 radical (unpaired) electrons. The Morgan fingerprint density at radius 3 is 2.73 bits per heavy atom. The number of hydrogen-bond acceptors (Lipinski definition) is 3. The van der Waals surface area contributed by atoms with Gasteiger partial charge in [0.15, 0.2) is 0 Å². The van der Waals surface area contributed by atoms with Crippen molar-refractivity contribution in [1.82, 2.24) is 5.32 Å². The fraction of sp³-hybridized carbons (Fsp3) is 0.500. The predicted molar refractivity (Wildman–Crippen MR) is 89.7 cm³/mol. The Labute approximate surface area is 144 Å². The molecule has 1 fully saturated rings. The quantitative estimate of drug-likeness (QED) is 0.767. The highest BCUT2D eigenvalue weighted by atomic mass is 35.5. The Bertz CT molecular complexity index is 500. The molecule has 0 bridgehead atoms. The minimum absolute atomic E-state index is 0. The second kappa shape index (κ2) is 9.55. The van der Waals surface area contributed by atoms with Crippen LogP contribution in [-0.4, -0.2) is 31.2 Å². The van der Waals surface area contributed by atoms with E-state index in [2.05, 4.69) is 10.6 Å². The van der Waals surface area contributed by atoms with Crippen LogP contribution in [0.2, 0.25) is 5.02 Å². The number of carbonyl (C=O) groups is 1. The lowest BCUT2D eigenvalue weighted by Crippen LogP contribution is -2.34. The van der Waals surface area contributed by atoms with E-state index >= 15 is 0 Å². The van der Waals surface area contributed by atoms with E-state index in [1.54, 1.807) is 18.2 Å². The zero-order chi connectivity index (χ0) is 15.2. The predicted octanol–water partition coefficient (Wildman–Crippen LogP) is 4.06. The average molecular weight is 371 g/mol. The van der Waals surface area contributed by atoms with E-state index in [1.165, 1.54) is 0 Å². The Kier molecular flexibility index (Phi) is 8.46. The molecule has 0 unspecified atom stereocenters. The Hall–Kier alpha value is -0.560. The van der Waals surface area contributed by atoms with Crippen molar-refractivity contribution < 1.29 is 13.6 Å². The minimum atomic E-state index is -2.42. The van der Waals surface area contributed by atoms with Crippen LogP contribution < -0.4 is 10.6 Å². The van der Waals surface area contributed by atoms with Gasteiger partial charge in [-0.05, 0) is 38.1 Å². The highest BCUT2D eigenvalue weighted by Gasteiger charge is 2.22. The van der Waals surface area contributed by atoms with Gasteiger partial charge in [0.05, 0.1) is 16.5 Å². The molecule has 1 aromatic carbocycles. The zero-order valence-corrected chi connectivity index (χ0v) is 14.2. The van der Waals surface area contributed by atoms with Crippen molar-refractivity contribution in [3.63, 3.8) is 0 Å². The zero-order valence-electron chi connectivity index (χ0n) is 11.8. The second-order valence-electron chi connectivity index (χ2n) is 4.83. The summed E-state index contributed by atoms with van der Waals surface area (Å²) >= 11 is 7.02. The summed E-state index contributed by atoms with van der Waals surface area (Å²) < 4.78 is 24.8. The molecule has 1 aromatic rings. The third kappa shape index (κ3) is 5.57. The molecule has 0 spiro atoms. The summed E-state index contributed by atoms with van der Waals surface area (Å²) in [7, 11) is 0. The molecule has 0 aliphatic carbocycles. The number of benzene rings is 1. The highest BCUT2D eigenvalue weighted by Crippen LogP contribution is 2.35. The number of thioether (sulfide) groups is 1. The van der Waals surface area contributed by atoms with Crippen LogP contribution in [-0.2, 0) is 4.79 Å². The number of halogens is 4. The summed E-state index contributed by atoms with van der Waals surface area (Å²) in [5.41, 5.74) is 0.511. The summed E-state index contributed by atoms with van der Waals surface area (Å²) in [4.78, 5) is 12.7. The van der Waals surface area contributed by atoms with Gasteiger partial charge in [-0.2, -0.15) is 0 Å². The largest absolute Gasteiger partial charge is 0.325 e. The lowest BCUT2D eigenvalue weighted by atomic mass is 9.97. The van der Waals surface area contributed by atoms with Crippen LogP contribution in [0.4, 0.5) is 14.5 Å². The number of piperidine rings is 1. The first-order chi connectivity index (χ1) is 10.1. The van der Waals surface area contributed by atoms with Gasteiger partial charge in [-0.15, -0.1) is 24.2 Å². The van der Waals surface area contributed by atoms with Crippen molar-refractivity contribution in [2.75, 3.05) is 24.2 Å². The lowest BCUT2D eigenvalue weighted by Gasteiger charge is -2.22. The maximum Gasteiger partial charge on any atom is 0.247 e. The van der Waals surface area contributed by atoms with Crippen molar-refractivity contribution in [2.45, 2.75) is 24.2 Å². The van der Waals surface area contributed by atoms with Crippen LogP contribution in [0.15, 0.2) is 23.1 Å². The van der Waals surface area contributed by atoms with E-state index in [0.29, 0.717) is 15.6 Å². The maximum atomic E-state index is 12.4. The molecule has 1 amide bonds. The van der Waals surface area contributed by atoms with Gasteiger partial charge in [-0.1, -0.05) is 17.7 Å². The Morgan fingerprint density at radius 1 is 1.41 bits per heavy atom. The first-order valence-electron chi connectivity index (χ1n) is 6.79. The molecule has 1 saturated heterocycles. The fourth-order valence-corrected chi connectivity index (χ4v) is 3.33. The molecule has 0 atom stereocenters. The second-order valence-corrected chi connectivity index (χ2v) is 6.27. The number of alkyl halides is 2. The van der Waals surface area contributed by atoms with Crippen LogP contribution in [0.1, 0.15) is 12.8 Å². The third-order valence-corrected chi connectivity index (χ3v) is 4.86. The molecule has 2 rings (SSSR count). The van der Waals surface area contributed by atoms with E-state index in [4.69, 9.17) is 11.6 Å². The molecule has 2 N–H and O–H groups in total. The SMILES string of the molecule is Cl.O=C(Nc1cccc(Cl)c1SCC(F)F)C1CCNCC1. The summed E-state index contributed by atoms with van der Waals surface area (Å²) in [5.74, 6) is -0.462. The third-order valence-electron chi connectivity index (χ3n) is 3.29. The summed E-state index contributed by atoms with van der Waals surface area (Å²) in [5, 5.41) is 6.40. The van der Waals surface area contributed by atoms with Crippen LogP contribution in [0.5, 0.6) is 0 Å². The molecule has 3 nitrogen and oxygen atoms in total. The number of carbonyl (C=O) groups excluding carboxylic acids is 1. The van der Waals surface area contributed by atoms with E-state index in [0.717, 1.165) is 37.7 Å². The van der Waals surface area contributed by atoms with E-state index in [-0.39, 0.29) is 30.0 Å². The van der Waals surface area contributed by atoms with Crippen molar-refractivity contribution >= 4 is 47.4 Å². The van der Waals surface area contributed by atoms with Gasteiger partial charge < -0.3 is 10.6 Å². The standard InChI is InChI=1S/C14H17ClF2N2OS.ClH/c15-10-2-1-3-11(13(10)21-8-12(16)17)19-14(20)9-4-6-18-7-5-9;/h1-3,9,12,18H,4-8H2,(H,19,20);1H. The van der Waals surface area contributed by atoms with Crippen molar-refractivity contribution in [2.24, 2.45) is 5.92 Å². The smallest absolute Gasteiger partial charge is 0.247 e. The van der Waals surface area contributed by atoms with E-state index < -0.39 is 6.43 Å². The summed E-state index contributed by atoms with van der Waals surface area (Å²) in [6, 6.07) is 5.03. The molecule has 8 heteroatoms. The topological polar surface area (TPSA) is 41.1 Å². The molecule has 1 aliphatic rings. The van der Waals surface area contributed by atoms with Crippen LogP contribution >= 0.6 is 35.8 Å².